The Hall–Kier alpha value is -0.443. The summed E-state index contributed by atoms with van der Waals surface area (Å²) in [7, 11) is 0. The molecule has 2 aromatic rings. The molecule has 32 heavy (non-hydrogen) atoms. The van der Waals surface area contributed by atoms with Crippen LogP contribution < -0.4 is 8.70 Å². The second-order valence-electron chi connectivity index (χ2n) is 9.33. The molecule has 0 aliphatic heterocycles. The van der Waals surface area contributed by atoms with Crippen molar-refractivity contribution in [3.63, 3.8) is 0 Å². The molecule has 0 saturated heterocycles. The van der Waals surface area contributed by atoms with Crippen molar-refractivity contribution in [3.8, 4) is 11.1 Å². The Morgan fingerprint density at radius 1 is 0.500 bits per heavy atom. The summed E-state index contributed by atoms with van der Waals surface area (Å²) in [5, 5.41) is 5.92. The summed E-state index contributed by atoms with van der Waals surface area (Å²) >= 11 is -2.10. The molecular weight excluding hydrogens is 510 g/mol. The Bertz CT molecular complexity index is 712. The van der Waals surface area contributed by atoms with Gasteiger partial charge in [0.05, 0.1) is 0 Å². The molecule has 0 heterocycles. The van der Waals surface area contributed by atoms with Gasteiger partial charge in [-0.25, -0.2) is 0 Å². The van der Waals surface area contributed by atoms with Crippen molar-refractivity contribution in [2.24, 2.45) is 0 Å². The Labute approximate surface area is 209 Å². The quantitative estimate of drug-likeness (QED) is 0.192. The first-order chi connectivity index (χ1) is 15.6. The van der Waals surface area contributed by atoms with E-state index in [1.54, 1.807) is 19.8 Å². The summed E-state index contributed by atoms with van der Waals surface area (Å²) in [6.07, 6.45) is 10.9. The number of unbranched alkanes of at least 4 members (excludes halogenated alkanes) is 4. The molecule has 2 heteroatoms. The van der Waals surface area contributed by atoms with Crippen LogP contribution in [0.1, 0.15) is 90.2 Å². The van der Waals surface area contributed by atoms with E-state index in [4.69, 9.17) is 0 Å². The third-order valence-corrected chi connectivity index (χ3v) is 18.2. The van der Waals surface area contributed by atoms with Gasteiger partial charge in [0, 0.05) is 0 Å². The Morgan fingerprint density at radius 2 is 0.812 bits per heavy atom. The van der Waals surface area contributed by atoms with Crippen molar-refractivity contribution in [1.82, 2.24) is 0 Å². The molecule has 0 radical (unpaired) electrons. The average molecular weight is 559 g/mol. The molecule has 0 saturated carbocycles. The molecule has 2 rings (SSSR count). The third-order valence-electron chi connectivity index (χ3n) is 6.56. The zero-order chi connectivity index (χ0) is 23.3. The summed E-state index contributed by atoms with van der Waals surface area (Å²) in [6, 6.07) is 14.6. The second kappa shape index (κ2) is 15.5. The van der Waals surface area contributed by atoms with Crippen molar-refractivity contribution < 1.29 is 0 Å². The minimum absolute atomic E-state index is 1.05. The molecule has 0 aromatic heterocycles. The summed E-state index contributed by atoms with van der Waals surface area (Å²) in [6.45, 7) is 14.2. The first-order valence-corrected chi connectivity index (χ1v) is 20.5. The fraction of sp³-hybridized carbons (Fsp3) is 0.600. The van der Waals surface area contributed by atoms with E-state index >= 15 is 0 Å². The van der Waals surface area contributed by atoms with Crippen LogP contribution in [-0.4, -0.2) is 29.3 Å². The fourth-order valence-corrected chi connectivity index (χ4v) is 17.2. The zero-order valence-electron chi connectivity index (χ0n) is 21.8. The Morgan fingerprint density at radius 3 is 1.09 bits per heavy atom. The molecule has 0 atom stereocenters. The van der Waals surface area contributed by atoms with Crippen LogP contribution >= 0.6 is 0 Å². The Kier molecular flexibility index (Phi) is 13.4. The maximum atomic E-state index is 2.54. The normalized spacial score (nSPS) is 11.6. The van der Waals surface area contributed by atoms with Crippen LogP contribution in [0.3, 0.4) is 0 Å². The molecule has 0 N–H and O–H groups in total. The average Bonchev–Trinajstić information content (AvgIpc) is 2.80. The monoisotopic (exact) mass is 558 g/mol. The molecule has 0 fully saturated rings. The van der Waals surface area contributed by atoms with E-state index < -0.39 is 29.3 Å². The SMILES string of the molecule is CCCC[As](CCCC)c1cccc(C)c1-c1c(C)cccc1[As](CCCC)CCCC. The van der Waals surface area contributed by atoms with Gasteiger partial charge in [0.25, 0.3) is 0 Å². The van der Waals surface area contributed by atoms with E-state index in [1.807, 2.05) is 0 Å². The predicted octanol–water partition coefficient (Wildman–Crippen LogP) is 8.57. The number of rotatable bonds is 15. The predicted molar refractivity (Wildman–Crippen MR) is 151 cm³/mol. The van der Waals surface area contributed by atoms with Crippen LogP contribution in [0.25, 0.3) is 11.1 Å². The topological polar surface area (TPSA) is 0 Å². The molecular formula is C30H48As2. The van der Waals surface area contributed by atoms with E-state index in [9.17, 15) is 0 Å². The molecule has 0 aliphatic rings. The number of hydrogen-bond acceptors (Lipinski definition) is 0. The number of benzene rings is 2. The molecule has 0 spiro atoms. The molecule has 0 amide bonds. The molecule has 0 bridgehead atoms. The van der Waals surface area contributed by atoms with Gasteiger partial charge >= 0.3 is 210 Å². The Balaban J connectivity index is 2.64. The summed E-state index contributed by atoms with van der Waals surface area (Å²) < 4.78 is 3.57. The van der Waals surface area contributed by atoms with Gasteiger partial charge in [0.1, 0.15) is 0 Å². The van der Waals surface area contributed by atoms with Crippen molar-refractivity contribution >= 4 is 38.0 Å². The molecule has 0 aliphatic carbocycles. The summed E-state index contributed by atoms with van der Waals surface area (Å²) in [4.78, 5) is 0. The van der Waals surface area contributed by atoms with Crippen LogP contribution in [-0.2, 0) is 0 Å². The maximum absolute atomic E-state index is 2.54. The van der Waals surface area contributed by atoms with Crippen LogP contribution in [0.15, 0.2) is 36.4 Å². The molecule has 178 valence electrons. The van der Waals surface area contributed by atoms with Crippen LogP contribution in [0.4, 0.5) is 0 Å². The first-order valence-electron chi connectivity index (χ1n) is 13.3. The van der Waals surface area contributed by atoms with Crippen LogP contribution in [0, 0.1) is 13.8 Å². The number of hydrogen-bond donors (Lipinski definition) is 0. The van der Waals surface area contributed by atoms with Gasteiger partial charge in [-0.1, -0.05) is 0 Å². The van der Waals surface area contributed by atoms with E-state index in [0.29, 0.717) is 0 Å². The molecule has 0 nitrogen and oxygen atoms in total. The zero-order valence-corrected chi connectivity index (χ0v) is 25.6. The van der Waals surface area contributed by atoms with E-state index in [0.717, 1.165) is 0 Å². The van der Waals surface area contributed by atoms with Gasteiger partial charge < -0.3 is 0 Å². The van der Waals surface area contributed by atoms with Gasteiger partial charge in [-0.3, -0.25) is 0 Å². The summed E-state index contributed by atoms with van der Waals surface area (Å²) in [5.74, 6) is 0. The van der Waals surface area contributed by atoms with Crippen LogP contribution in [0.5, 0.6) is 0 Å². The van der Waals surface area contributed by atoms with Crippen molar-refractivity contribution in [2.75, 3.05) is 0 Å². The second-order valence-corrected chi connectivity index (χ2v) is 19.6. The molecule has 2 aromatic carbocycles. The van der Waals surface area contributed by atoms with Gasteiger partial charge in [-0.15, -0.1) is 0 Å². The van der Waals surface area contributed by atoms with Crippen molar-refractivity contribution in [1.29, 1.82) is 0 Å². The fourth-order valence-electron chi connectivity index (χ4n) is 4.58. The van der Waals surface area contributed by atoms with Crippen molar-refractivity contribution in [2.45, 2.75) is 114 Å². The van der Waals surface area contributed by atoms with E-state index in [2.05, 4.69) is 77.9 Å². The molecule has 0 unspecified atom stereocenters. The van der Waals surface area contributed by atoms with Gasteiger partial charge in [0.15, 0.2) is 0 Å². The summed E-state index contributed by atoms with van der Waals surface area (Å²) in [5.41, 5.74) is 6.37. The van der Waals surface area contributed by atoms with Crippen LogP contribution in [0.2, 0.25) is 20.8 Å². The first kappa shape index (κ1) is 27.8. The van der Waals surface area contributed by atoms with E-state index in [-0.39, 0.29) is 0 Å². The van der Waals surface area contributed by atoms with Gasteiger partial charge in [-0.2, -0.15) is 0 Å². The van der Waals surface area contributed by atoms with Gasteiger partial charge in [0.2, 0.25) is 0 Å². The minimum atomic E-state index is -1.05. The standard InChI is InChI=1S/C30H48As2/c1-7-11-21-31(22-12-8-2)27-19-15-17-25(5)29(27)30-26(6)18-16-20-28(30)32(23-13-9-3)24-14-10-4/h15-20H,7-14,21-24H2,1-6H3. The van der Waals surface area contributed by atoms with Crippen molar-refractivity contribution in [3.05, 3.63) is 47.5 Å². The number of aryl methyl sites for hydroxylation is 2. The third kappa shape index (κ3) is 7.81. The van der Waals surface area contributed by atoms with E-state index in [1.165, 1.54) is 83.3 Å². The van der Waals surface area contributed by atoms with Gasteiger partial charge in [-0.05, 0) is 0 Å².